The lowest BCUT2D eigenvalue weighted by Gasteiger charge is -2.44. The zero-order valence-electron chi connectivity index (χ0n) is 19.8. The van der Waals surface area contributed by atoms with Crippen molar-refractivity contribution in [2.24, 2.45) is 0 Å². The molecular formula is C28H30O7. The SMILES string of the molecule is COC(=O)c1ccc([C@H]2O[C@H](OC)[C@H](OCc3ccccc3)[C@@H](OCc3ccccc3)[C@@H]2O)cc1. The molecule has 7 heteroatoms. The van der Waals surface area contributed by atoms with E-state index in [0.29, 0.717) is 17.7 Å². The lowest BCUT2D eigenvalue weighted by atomic mass is 9.93. The lowest BCUT2D eigenvalue weighted by Crippen LogP contribution is -2.56. The predicted molar refractivity (Wildman–Crippen MR) is 128 cm³/mol. The summed E-state index contributed by atoms with van der Waals surface area (Å²) in [5.74, 6) is -0.435. The quantitative estimate of drug-likeness (QED) is 0.465. The van der Waals surface area contributed by atoms with Crippen LogP contribution in [0.1, 0.15) is 33.2 Å². The maximum atomic E-state index is 11.8. The Bertz CT molecular complexity index is 1060. The summed E-state index contributed by atoms with van der Waals surface area (Å²) < 4.78 is 29.0. The largest absolute Gasteiger partial charge is 0.465 e. The van der Waals surface area contributed by atoms with Gasteiger partial charge < -0.3 is 28.8 Å². The highest BCUT2D eigenvalue weighted by Gasteiger charge is 2.47. The second kappa shape index (κ2) is 12.1. The van der Waals surface area contributed by atoms with E-state index in [2.05, 4.69) is 0 Å². The van der Waals surface area contributed by atoms with Crippen LogP contribution in [0.5, 0.6) is 0 Å². The van der Waals surface area contributed by atoms with Gasteiger partial charge in [0, 0.05) is 7.11 Å². The van der Waals surface area contributed by atoms with Crippen molar-refractivity contribution in [3.63, 3.8) is 0 Å². The van der Waals surface area contributed by atoms with E-state index in [9.17, 15) is 9.90 Å². The molecule has 0 amide bonds. The van der Waals surface area contributed by atoms with Crippen LogP contribution in [-0.2, 0) is 36.9 Å². The van der Waals surface area contributed by atoms with Crippen molar-refractivity contribution in [2.75, 3.05) is 14.2 Å². The minimum Gasteiger partial charge on any atom is -0.465 e. The Morgan fingerprint density at radius 2 is 1.34 bits per heavy atom. The molecule has 1 aliphatic heterocycles. The lowest BCUT2D eigenvalue weighted by molar-refractivity contribution is -0.312. The molecule has 184 valence electrons. The fourth-order valence-corrected chi connectivity index (χ4v) is 4.12. The number of aliphatic hydroxyl groups excluding tert-OH is 1. The Kier molecular flexibility index (Phi) is 8.63. The zero-order valence-corrected chi connectivity index (χ0v) is 19.8. The van der Waals surface area contributed by atoms with E-state index in [0.717, 1.165) is 11.1 Å². The molecule has 1 aliphatic rings. The van der Waals surface area contributed by atoms with Crippen LogP contribution in [0.2, 0.25) is 0 Å². The normalized spacial score (nSPS) is 24.1. The molecule has 1 heterocycles. The molecule has 3 aromatic rings. The number of carbonyl (C=O) groups excluding carboxylic acids is 1. The number of rotatable bonds is 9. The highest BCUT2D eigenvalue weighted by Crippen LogP contribution is 2.36. The minimum absolute atomic E-state index is 0.290. The maximum Gasteiger partial charge on any atom is 0.337 e. The van der Waals surface area contributed by atoms with Crippen molar-refractivity contribution in [3.05, 3.63) is 107 Å². The zero-order chi connectivity index (χ0) is 24.6. The summed E-state index contributed by atoms with van der Waals surface area (Å²) in [4.78, 5) is 11.8. The summed E-state index contributed by atoms with van der Waals surface area (Å²) in [5.41, 5.74) is 3.05. The highest BCUT2D eigenvalue weighted by atomic mass is 16.7. The van der Waals surface area contributed by atoms with Crippen LogP contribution in [0.4, 0.5) is 0 Å². The fraction of sp³-hybridized carbons (Fsp3) is 0.321. The molecule has 0 bridgehead atoms. The van der Waals surface area contributed by atoms with Gasteiger partial charge in [-0.3, -0.25) is 0 Å². The van der Waals surface area contributed by atoms with Crippen LogP contribution >= 0.6 is 0 Å². The number of methoxy groups -OCH3 is 2. The summed E-state index contributed by atoms with van der Waals surface area (Å²) in [5, 5.41) is 11.4. The third kappa shape index (κ3) is 6.14. The topological polar surface area (TPSA) is 83.5 Å². The molecule has 0 saturated carbocycles. The van der Waals surface area contributed by atoms with Gasteiger partial charge >= 0.3 is 5.97 Å². The third-order valence-corrected chi connectivity index (χ3v) is 5.98. The van der Waals surface area contributed by atoms with Gasteiger partial charge in [-0.15, -0.1) is 0 Å². The summed E-state index contributed by atoms with van der Waals surface area (Å²) >= 11 is 0. The van der Waals surface area contributed by atoms with E-state index >= 15 is 0 Å². The van der Waals surface area contributed by atoms with Crippen LogP contribution in [-0.4, -0.2) is 49.9 Å². The van der Waals surface area contributed by atoms with Gasteiger partial charge in [-0.25, -0.2) is 4.79 Å². The van der Waals surface area contributed by atoms with Gasteiger partial charge in [0.25, 0.3) is 0 Å². The second-order valence-corrected chi connectivity index (χ2v) is 8.29. The summed E-state index contributed by atoms with van der Waals surface area (Å²) in [6.07, 6.45) is -3.99. The van der Waals surface area contributed by atoms with Gasteiger partial charge in [-0.2, -0.15) is 0 Å². The number of hydrogen-bond donors (Lipinski definition) is 1. The van der Waals surface area contributed by atoms with Crippen molar-refractivity contribution in [1.29, 1.82) is 0 Å². The molecule has 0 unspecified atom stereocenters. The van der Waals surface area contributed by atoms with Crippen molar-refractivity contribution < 1.29 is 33.6 Å². The van der Waals surface area contributed by atoms with Crippen LogP contribution < -0.4 is 0 Å². The van der Waals surface area contributed by atoms with E-state index in [1.165, 1.54) is 14.2 Å². The van der Waals surface area contributed by atoms with Crippen molar-refractivity contribution >= 4 is 5.97 Å². The van der Waals surface area contributed by atoms with E-state index in [4.69, 9.17) is 23.7 Å². The highest BCUT2D eigenvalue weighted by molar-refractivity contribution is 5.89. The molecule has 0 spiro atoms. The molecule has 0 aromatic heterocycles. The fourth-order valence-electron chi connectivity index (χ4n) is 4.12. The Hall–Kier alpha value is -3.07. The Morgan fingerprint density at radius 3 is 1.86 bits per heavy atom. The molecule has 35 heavy (non-hydrogen) atoms. The van der Waals surface area contributed by atoms with Crippen LogP contribution in [0, 0.1) is 0 Å². The smallest absolute Gasteiger partial charge is 0.337 e. The van der Waals surface area contributed by atoms with Crippen molar-refractivity contribution in [3.8, 4) is 0 Å². The number of carbonyl (C=O) groups is 1. The molecule has 7 nitrogen and oxygen atoms in total. The van der Waals surface area contributed by atoms with Crippen molar-refractivity contribution in [2.45, 2.75) is 43.9 Å². The molecule has 1 N–H and O–H groups in total. The number of aliphatic hydroxyl groups is 1. The molecule has 0 radical (unpaired) electrons. The number of hydrogen-bond acceptors (Lipinski definition) is 7. The van der Waals surface area contributed by atoms with Crippen molar-refractivity contribution in [1.82, 2.24) is 0 Å². The average Bonchev–Trinajstić information content (AvgIpc) is 2.92. The van der Waals surface area contributed by atoms with E-state index < -0.39 is 36.7 Å². The first-order chi connectivity index (χ1) is 17.1. The van der Waals surface area contributed by atoms with Gasteiger partial charge in [0.2, 0.25) is 0 Å². The summed E-state index contributed by atoms with van der Waals surface area (Å²) in [7, 11) is 2.87. The van der Waals surface area contributed by atoms with Crippen LogP contribution in [0.3, 0.4) is 0 Å². The molecular weight excluding hydrogens is 448 g/mol. The molecule has 0 aliphatic carbocycles. The monoisotopic (exact) mass is 478 g/mol. The first-order valence-corrected chi connectivity index (χ1v) is 11.5. The Morgan fingerprint density at radius 1 is 0.800 bits per heavy atom. The molecule has 5 atom stereocenters. The average molecular weight is 479 g/mol. The first-order valence-electron chi connectivity index (χ1n) is 11.5. The Balaban J connectivity index is 1.57. The van der Waals surface area contributed by atoms with Crippen LogP contribution in [0.15, 0.2) is 84.9 Å². The number of benzene rings is 3. The molecule has 4 rings (SSSR count). The standard InChI is InChI=1S/C28H30O7/c1-31-27(30)22-15-13-21(14-16-22)24-23(29)25(33-17-19-9-5-3-6-10-19)26(28(32-2)35-24)34-18-20-11-7-4-8-12-20/h3-16,23-26,28-29H,17-18H2,1-2H3/t23-,24-,25+,26-,28+/m1/s1. The molecule has 3 aromatic carbocycles. The van der Waals surface area contributed by atoms with E-state index in [1.807, 2.05) is 60.7 Å². The summed E-state index contributed by atoms with van der Waals surface area (Å²) in [6.45, 7) is 0.601. The van der Waals surface area contributed by atoms with E-state index in [-0.39, 0.29) is 6.61 Å². The predicted octanol–water partition coefficient (Wildman–Crippen LogP) is 4.05. The number of ether oxygens (including phenoxy) is 5. The van der Waals surface area contributed by atoms with Gasteiger partial charge in [0.05, 0.1) is 25.9 Å². The van der Waals surface area contributed by atoms with E-state index in [1.54, 1.807) is 24.3 Å². The number of esters is 1. The van der Waals surface area contributed by atoms with Crippen LogP contribution in [0.25, 0.3) is 0 Å². The minimum atomic E-state index is -1.05. The maximum absolute atomic E-state index is 11.8. The first kappa shape index (κ1) is 25.0. The second-order valence-electron chi connectivity index (χ2n) is 8.29. The van der Waals surface area contributed by atoms with Gasteiger partial charge in [-0.1, -0.05) is 72.8 Å². The summed E-state index contributed by atoms with van der Waals surface area (Å²) in [6, 6.07) is 26.2. The molecule has 1 fully saturated rings. The molecule has 1 saturated heterocycles. The third-order valence-electron chi connectivity index (χ3n) is 5.98. The van der Waals surface area contributed by atoms with Gasteiger partial charge in [0.15, 0.2) is 6.29 Å². The van der Waals surface area contributed by atoms with Gasteiger partial charge in [0.1, 0.15) is 24.4 Å². The Labute approximate surface area is 205 Å². The van der Waals surface area contributed by atoms with Gasteiger partial charge in [-0.05, 0) is 28.8 Å².